The van der Waals surface area contributed by atoms with E-state index in [1.54, 1.807) is 42.6 Å². The van der Waals surface area contributed by atoms with Crippen LogP contribution in [0.1, 0.15) is 41.0 Å². The number of para-hydroxylation sites is 1. The summed E-state index contributed by atoms with van der Waals surface area (Å²) in [4.78, 5) is 25.6. The largest absolute Gasteiger partial charge is 0.340 e. The molecule has 1 unspecified atom stereocenters. The topological polar surface area (TPSA) is 75.5 Å². The Hall–Kier alpha value is -3.97. The summed E-state index contributed by atoms with van der Waals surface area (Å²) >= 11 is 5.99. The summed E-state index contributed by atoms with van der Waals surface area (Å²) in [6.07, 6.45) is 1.59. The minimum absolute atomic E-state index is 0.178. The van der Waals surface area contributed by atoms with Gasteiger partial charge in [0.25, 0.3) is 11.8 Å². The fourth-order valence-corrected chi connectivity index (χ4v) is 4.43. The highest BCUT2D eigenvalue weighted by molar-refractivity contribution is 6.31. The third-order valence-electron chi connectivity index (χ3n) is 6.26. The maximum Gasteiger partial charge on any atom is 0.262 e. The van der Waals surface area contributed by atoms with Crippen molar-refractivity contribution in [2.45, 2.75) is 33.4 Å². The minimum atomic E-state index is -0.799. The molecule has 190 valence electrons. The Balaban J connectivity index is 1.54. The Morgan fingerprint density at radius 3 is 2.51 bits per heavy atom. The van der Waals surface area contributed by atoms with Gasteiger partial charge in [-0.1, -0.05) is 67.9 Å². The molecule has 0 saturated heterocycles. The van der Waals surface area contributed by atoms with Crippen molar-refractivity contribution in [1.29, 1.82) is 0 Å². The van der Waals surface area contributed by atoms with Gasteiger partial charge >= 0.3 is 0 Å². The minimum Gasteiger partial charge on any atom is -0.340 e. The lowest BCUT2D eigenvalue weighted by Gasteiger charge is -2.20. The van der Waals surface area contributed by atoms with Crippen molar-refractivity contribution in [3.05, 3.63) is 106 Å². The third-order valence-corrected chi connectivity index (χ3v) is 6.49. The fourth-order valence-electron chi connectivity index (χ4n) is 4.24. The molecule has 4 rings (SSSR count). The molecule has 8 heteroatoms. The first-order valence-electron chi connectivity index (χ1n) is 12.0. The van der Waals surface area contributed by atoms with Crippen LogP contribution in [0.5, 0.6) is 0 Å². The quantitative estimate of drug-likeness (QED) is 0.232. The molecule has 0 bridgehead atoms. The van der Waals surface area contributed by atoms with Crippen LogP contribution in [0.15, 0.2) is 77.9 Å². The number of hydrogen-bond donors (Lipinski definition) is 2. The standard InChI is InChI=1S/C29H28ClFN4O2/c1-18(2)27(33-28(36)20-10-8-11-22(30)15-20)29(37)34-32-16-24-19(3)35(26-14-7-5-12-23(24)26)17-21-9-4-6-13-25(21)31/h4-16,18,27H,17H2,1-3H3,(H,33,36)(H,34,37). The first-order chi connectivity index (χ1) is 17.8. The summed E-state index contributed by atoms with van der Waals surface area (Å²) in [6.45, 7) is 5.98. The van der Waals surface area contributed by atoms with Gasteiger partial charge in [-0.3, -0.25) is 9.59 Å². The second-order valence-corrected chi connectivity index (χ2v) is 9.57. The molecule has 2 N–H and O–H groups in total. The van der Waals surface area contributed by atoms with Crippen molar-refractivity contribution in [2.75, 3.05) is 0 Å². The van der Waals surface area contributed by atoms with Gasteiger partial charge in [0.15, 0.2) is 0 Å². The van der Waals surface area contributed by atoms with Crippen molar-refractivity contribution in [1.82, 2.24) is 15.3 Å². The number of nitrogens with zero attached hydrogens (tertiary/aromatic N) is 2. The van der Waals surface area contributed by atoms with Gasteiger partial charge in [-0.2, -0.15) is 5.10 Å². The zero-order valence-corrected chi connectivity index (χ0v) is 21.6. The summed E-state index contributed by atoms with van der Waals surface area (Å²) in [7, 11) is 0. The molecule has 0 fully saturated rings. The van der Waals surface area contributed by atoms with Crippen LogP contribution in [0.25, 0.3) is 10.9 Å². The van der Waals surface area contributed by atoms with E-state index in [9.17, 15) is 14.0 Å². The summed E-state index contributed by atoms with van der Waals surface area (Å²) < 4.78 is 16.4. The van der Waals surface area contributed by atoms with E-state index in [0.717, 1.165) is 22.2 Å². The number of aromatic nitrogens is 1. The predicted octanol–water partition coefficient (Wildman–Crippen LogP) is 5.70. The van der Waals surface area contributed by atoms with Crippen LogP contribution in [0.3, 0.4) is 0 Å². The number of rotatable bonds is 8. The zero-order chi connectivity index (χ0) is 26.5. The van der Waals surface area contributed by atoms with Crippen molar-refractivity contribution >= 4 is 40.5 Å². The highest BCUT2D eigenvalue weighted by Gasteiger charge is 2.24. The zero-order valence-electron chi connectivity index (χ0n) is 20.8. The first kappa shape index (κ1) is 26.1. The Morgan fingerprint density at radius 2 is 1.78 bits per heavy atom. The highest BCUT2D eigenvalue weighted by Crippen LogP contribution is 2.26. The molecule has 0 aliphatic rings. The van der Waals surface area contributed by atoms with Crippen LogP contribution in [0, 0.1) is 18.7 Å². The number of hydrazone groups is 1. The molecule has 2 amide bonds. The number of amides is 2. The van der Waals surface area contributed by atoms with Gasteiger partial charge in [0.1, 0.15) is 11.9 Å². The van der Waals surface area contributed by atoms with Crippen LogP contribution in [0.2, 0.25) is 5.02 Å². The van der Waals surface area contributed by atoms with Crippen molar-refractivity contribution < 1.29 is 14.0 Å². The molecule has 4 aromatic rings. The average molecular weight is 519 g/mol. The van der Waals surface area contributed by atoms with E-state index in [0.29, 0.717) is 22.7 Å². The highest BCUT2D eigenvalue weighted by atomic mass is 35.5. The van der Waals surface area contributed by atoms with Gasteiger partial charge in [0.05, 0.1) is 12.8 Å². The van der Waals surface area contributed by atoms with Gasteiger partial charge in [0, 0.05) is 38.3 Å². The smallest absolute Gasteiger partial charge is 0.262 e. The lowest BCUT2D eigenvalue weighted by molar-refractivity contribution is -0.123. The number of fused-ring (bicyclic) bond motifs is 1. The molecule has 6 nitrogen and oxygen atoms in total. The number of carbonyl (C=O) groups excluding carboxylic acids is 2. The van der Waals surface area contributed by atoms with Gasteiger partial charge < -0.3 is 9.88 Å². The molecule has 0 radical (unpaired) electrons. The number of halogens is 2. The molecule has 1 aromatic heterocycles. The Labute approximate surface area is 220 Å². The van der Waals surface area contributed by atoms with Crippen molar-refractivity contribution in [3.8, 4) is 0 Å². The normalized spacial score (nSPS) is 12.3. The summed E-state index contributed by atoms with van der Waals surface area (Å²) in [5.74, 6) is -1.27. The van der Waals surface area contributed by atoms with Crippen molar-refractivity contribution in [3.63, 3.8) is 0 Å². The molecular formula is C29H28ClFN4O2. The van der Waals surface area contributed by atoms with Gasteiger partial charge in [0.2, 0.25) is 0 Å². The SMILES string of the molecule is Cc1c(C=NNC(=O)C(NC(=O)c2cccc(Cl)c2)C(C)C)c2ccccc2n1Cc1ccccc1F. The van der Waals surface area contributed by atoms with E-state index in [-0.39, 0.29) is 11.7 Å². The molecule has 0 aliphatic heterocycles. The van der Waals surface area contributed by atoms with Crippen LogP contribution in [-0.2, 0) is 11.3 Å². The Kier molecular flexibility index (Phi) is 8.04. The summed E-state index contributed by atoms with van der Waals surface area (Å²) in [5.41, 5.74) is 6.15. The third kappa shape index (κ3) is 5.89. The second-order valence-electron chi connectivity index (χ2n) is 9.13. The molecule has 0 aliphatic carbocycles. The van der Waals surface area contributed by atoms with Crippen LogP contribution >= 0.6 is 11.6 Å². The Morgan fingerprint density at radius 1 is 1.05 bits per heavy atom. The lowest BCUT2D eigenvalue weighted by Crippen LogP contribution is -2.48. The molecule has 0 spiro atoms. The van der Waals surface area contributed by atoms with Gasteiger partial charge in [-0.15, -0.1) is 0 Å². The Bertz CT molecular complexity index is 1480. The summed E-state index contributed by atoms with van der Waals surface area (Å²) in [5, 5.41) is 8.34. The lowest BCUT2D eigenvalue weighted by atomic mass is 10.0. The predicted molar refractivity (Wildman–Crippen MR) is 145 cm³/mol. The number of hydrogen-bond acceptors (Lipinski definition) is 3. The average Bonchev–Trinajstić information content (AvgIpc) is 3.14. The molecule has 1 heterocycles. The van der Waals surface area contributed by atoms with E-state index in [1.165, 1.54) is 6.07 Å². The molecule has 37 heavy (non-hydrogen) atoms. The van der Waals surface area contributed by atoms with E-state index >= 15 is 0 Å². The molecule has 3 aromatic carbocycles. The monoisotopic (exact) mass is 518 g/mol. The fraction of sp³-hybridized carbons (Fsp3) is 0.207. The van der Waals surface area contributed by atoms with Crippen LogP contribution in [-0.4, -0.2) is 28.6 Å². The van der Waals surface area contributed by atoms with Crippen LogP contribution in [0.4, 0.5) is 4.39 Å². The number of benzene rings is 3. The van der Waals surface area contributed by atoms with Gasteiger partial charge in [-0.25, -0.2) is 9.82 Å². The molecule has 1 atom stereocenters. The van der Waals surface area contributed by atoms with E-state index in [1.807, 2.05) is 55.7 Å². The summed E-state index contributed by atoms with van der Waals surface area (Å²) in [6, 6.07) is 20.2. The van der Waals surface area contributed by atoms with Crippen molar-refractivity contribution in [2.24, 2.45) is 11.0 Å². The second kappa shape index (κ2) is 11.4. The van der Waals surface area contributed by atoms with E-state index in [4.69, 9.17) is 11.6 Å². The van der Waals surface area contributed by atoms with E-state index in [2.05, 4.69) is 15.8 Å². The molecular weight excluding hydrogens is 491 g/mol. The number of nitrogens with one attached hydrogen (secondary N) is 2. The maximum atomic E-state index is 14.3. The molecule has 0 saturated carbocycles. The maximum absolute atomic E-state index is 14.3. The van der Waals surface area contributed by atoms with E-state index < -0.39 is 17.9 Å². The van der Waals surface area contributed by atoms with Crippen LogP contribution < -0.4 is 10.7 Å². The van der Waals surface area contributed by atoms with Gasteiger partial charge in [-0.05, 0) is 43.2 Å². The first-order valence-corrected chi connectivity index (χ1v) is 12.3. The number of carbonyl (C=O) groups is 2.